The Morgan fingerprint density at radius 3 is 1.09 bits per heavy atom. The first-order chi connectivity index (χ1) is 22.7. The smallest absolute Gasteiger partial charge is 0.309 e. The van der Waals surface area contributed by atoms with Crippen LogP contribution in [0.2, 0.25) is 0 Å². The fraction of sp³-hybridized carbons (Fsp3) is 0.767. The number of hydrogen-bond donors (Lipinski definition) is 1. The van der Waals surface area contributed by atoms with Gasteiger partial charge in [0, 0.05) is 5.56 Å². The van der Waals surface area contributed by atoms with Crippen molar-refractivity contribution in [3.63, 3.8) is 0 Å². The molecule has 0 radical (unpaired) electrons. The van der Waals surface area contributed by atoms with Gasteiger partial charge in [-0.15, -0.1) is 0 Å². The highest BCUT2D eigenvalue weighted by Gasteiger charge is 2.31. The lowest BCUT2D eigenvalue weighted by Crippen LogP contribution is -2.33. The Bertz CT molecular complexity index is 742. The largest absolute Gasteiger partial charge is 0.339 e. The van der Waals surface area contributed by atoms with Crippen LogP contribution in [-0.2, 0) is 15.4 Å². The van der Waals surface area contributed by atoms with Crippen molar-refractivity contribution in [2.24, 2.45) is 0 Å². The lowest BCUT2D eigenvalue weighted by molar-refractivity contribution is -0.373. The van der Waals surface area contributed by atoms with Crippen molar-refractivity contribution < 1.29 is 14.6 Å². The van der Waals surface area contributed by atoms with E-state index in [0.717, 1.165) is 25.7 Å². The van der Waals surface area contributed by atoms with Crippen LogP contribution in [-0.4, -0.2) is 18.3 Å². The molecule has 0 aliphatic rings. The minimum absolute atomic E-state index is 0.514. The zero-order chi connectivity index (χ0) is 33.1. The van der Waals surface area contributed by atoms with E-state index < -0.39 is 5.97 Å². The molecule has 0 aliphatic carbocycles. The molecule has 0 fully saturated rings. The van der Waals surface area contributed by atoms with Crippen molar-refractivity contribution in [2.75, 3.05) is 13.2 Å². The summed E-state index contributed by atoms with van der Waals surface area (Å²) in [5, 5.41) is 11.3. The van der Waals surface area contributed by atoms with E-state index >= 15 is 0 Å². The number of rotatable bonds is 35. The highest BCUT2D eigenvalue weighted by Crippen LogP contribution is 2.25. The van der Waals surface area contributed by atoms with Gasteiger partial charge >= 0.3 is 5.97 Å². The molecule has 0 unspecified atom stereocenters. The van der Waals surface area contributed by atoms with Crippen molar-refractivity contribution in [3.8, 4) is 0 Å². The highest BCUT2D eigenvalue weighted by molar-refractivity contribution is 5.18. The minimum Gasteiger partial charge on any atom is -0.339 e. The van der Waals surface area contributed by atoms with E-state index in [1.807, 2.05) is 30.3 Å². The van der Waals surface area contributed by atoms with Gasteiger partial charge in [-0.1, -0.05) is 184 Å². The summed E-state index contributed by atoms with van der Waals surface area (Å²) in [7, 11) is 0. The second-order valence-corrected chi connectivity index (χ2v) is 13.5. The summed E-state index contributed by atoms with van der Waals surface area (Å²) in [4.78, 5) is 0. The van der Waals surface area contributed by atoms with Crippen molar-refractivity contribution in [1.29, 1.82) is 0 Å². The molecule has 1 N–H and O–H groups in total. The molecule has 0 spiro atoms. The Morgan fingerprint density at radius 2 is 0.739 bits per heavy atom. The van der Waals surface area contributed by atoms with Crippen LogP contribution in [0.4, 0.5) is 0 Å². The van der Waals surface area contributed by atoms with Crippen LogP contribution in [0.25, 0.3) is 0 Å². The summed E-state index contributed by atoms with van der Waals surface area (Å²) in [5.41, 5.74) is 0.684. The van der Waals surface area contributed by atoms with Gasteiger partial charge < -0.3 is 14.6 Å². The van der Waals surface area contributed by atoms with Crippen molar-refractivity contribution in [1.82, 2.24) is 0 Å². The first-order valence-electron chi connectivity index (χ1n) is 20.1. The molecule has 1 aromatic carbocycles. The number of aliphatic hydroxyl groups is 1. The van der Waals surface area contributed by atoms with E-state index in [1.54, 1.807) is 0 Å². The van der Waals surface area contributed by atoms with Gasteiger partial charge in [-0.25, -0.2) is 0 Å². The molecule has 1 rings (SSSR count). The molecule has 3 heteroatoms. The molecular weight excluding hydrogens is 564 g/mol. The number of unbranched alkanes of at least 4 members (excludes halogenated alkanes) is 24. The van der Waals surface area contributed by atoms with Crippen molar-refractivity contribution in [2.45, 2.75) is 200 Å². The van der Waals surface area contributed by atoms with Gasteiger partial charge in [0.1, 0.15) is 0 Å². The summed E-state index contributed by atoms with van der Waals surface area (Å²) in [6, 6.07) is 9.61. The van der Waals surface area contributed by atoms with Crippen LogP contribution >= 0.6 is 0 Å². The second kappa shape index (κ2) is 33.5. The Balaban J connectivity index is 2.06. The topological polar surface area (TPSA) is 38.7 Å². The first-order valence-corrected chi connectivity index (χ1v) is 20.1. The average molecular weight is 641 g/mol. The predicted molar refractivity (Wildman–Crippen MR) is 201 cm³/mol. The van der Waals surface area contributed by atoms with Crippen molar-refractivity contribution >= 4 is 0 Å². The standard InChI is InChI=1S/C43H76O3/c1-3-5-7-9-11-13-15-17-19-21-23-25-27-29-31-36-40-45-43(44,42-38-34-33-35-39-42)46-41-37-32-30-28-26-24-22-20-18-16-14-12-10-8-6-4-2/h17-20,33-35,38-39,44H,3-16,21-32,36-37,40-41H2,1-2H3. The number of allylic oxidation sites excluding steroid dienone is 4. The molecule has 0 aromatic heterocycles. The molecule has 266 valence electrons. The lowest BCUT2D eigenvalue weighted by Gasteiger charge is -2.28. The molecular formula is C43H76O3. The molecule has 0 heterocycles. The summed E-state index contributed by atoms with van der Waals surface area (Å²) in [6.45, 7) is 5.59. The third-order valence-electron chi connectivity index (χ3n) is 9.05. The van der Waals surface area contributed by atoms with Gasteiger partial charge in [0.15, 0.2) is 0 Å². The summed E-state index contributed by atoms with van der Waals surface area (Å²) < 4.78 is 12.0. The zero-order valence-corrected chi connectivity index (χ0v) is 30.7. The van der Waals surface area contributed by atoms with Crippen LogP contribution in [0.15, 0.2) is 54.6 Å². The molecule has 0 atom stereocenters. The molecule has 0 saturated carbocycles. The molecule has 0 amide bonds. The van der Waals surface area contributed by atoms with Gasteiger partial charge in [0.2, 0.25) is 0 Å². The van der Waals surface area contributed by atoms with Crippen LogP contribution in [0.3, 0.4) is 0 Å². The van der Waals surface area contributed by atoms with E-state index in [0.29, 0.717) is 18.8 Å². The van der Waals surface area contributed by atoms with Crippen LogP contribution in [0.5, 0.6) is 0 Å². The third kappa shape index (κ3) is 26.6. The van der Waals surface area contributed by atoms with Gasteiger partial charge in [0.25, 0.3) is 0 Å². The van der Waals surface area contributed by atoms with Gasteiger partial charge in [-0.05, 0) is 64.2 Å². The Morgan fingerprint density at radius 1 is 0.435 bits per heavy atom. The molecule has 0 aliphatic heterocycles. The SMILES string of the molecule is CCCCCCCCC=CCCCCCCCCOC(O)(OCCCCCCCCC=CCCCCCCCC)c1ccccc1. The molecule has 1 aromatic rings. The molecule has 3 nitrogen and oxygen atoms in total. The predicted octanol–water partition coefficient (Wildman–Crippen LogP) is 13.9. The Kier molecular flexibility index (Phi) is 31.0. The monoisotopic (exact) mass is 641 g/mol. The summed E-state index contributed by atoms with van der Waals surface area (Å²) in [5.74, 6) is -1.65. The maximum atomic E-state index is 11.3. The zero-order valence-electron chi connectivity index (χ0n) is 30.7. The van der Waals surface area contributed by atoms with Gasteiger partial charge in [-0.3, -0.25) is 0 Å². The Labute approximate surface area is 287 Å². The van der Waals surface area contributed by atoms with Gasteiger partial charge in [0.05, 0.1) is 13.2 Å². The molecule has 46 heavy (non-hydrogen) atoms. The van der Waals surface area contributed by atoms with E-state index in [9.17, 15) is 5.11 Å². The van der Waals surface area contributed by atoms with Crippen molar-refractivity contribution in [3.05, 3.63) is 60.2 Å². The minimum atomic E-state index is -1.65. The fourth-order valence-electron chi connectivity index (χ4n) is 5.98. The maximum Gasteiger partial charge on any atom is 0.309 e. The van der Waals surface area contributed by atoms with E-state index in [1.165, 1.54) is 154 Å². The van der Waals surface area contributed by atoms with E-state index in [4.69, 9.17) is 9.47 Å². The second-order valence-electron chi connectivity index (χ2n) is 13.5. The first kappa shape index (κ1) is 42.6. The number of ether oxygens (including phenoxy) is 2. The maximum absolute atomic E-state index is 11.3. The lowest BCUT2D eigenvalue weighted by atomic mass is 10.1. The van der Waals surface area contributed by atoms with E-state index in [-0.39, 0.29) is 0 Å². The van der Waals surface area contributed by atoms with Crippen LogP contribution in [0, 0.1) is 0 Å². The van der Waals surface area contributed by atoms with Gasteiger partial charge in [-0.2, -0.15) is 0 Å². The third-order valence-corrected chi connectivity index (χ3v) is 9.05. The quantitative estimate of drug-likeness (QED) is 0.0456. The fourth-order valence-corrected chi connectivity index (χ4v) is 5.98. The van der Waals surface area contributed by atoms with Crippen LogP contribution in [0.1, 0.15) is 199 Å². The summed E-state index contributed by atoms with van der Waals surface area (Å²) in [6.07, 6.45) is 45.4. The highest BCUT2D eigenvalue weighted by atomic mass is 16.8. The molecule has 0 bridgehead atoms. The Hall–Kier alpha value is -1.42. The normalized spacial score (nSPS) is 13.3. The van der Waals surface area contributed by atoms with E-state index in [2.05, 4.69) is 38.2 Å². The number of benzene rings is 1. The summed E-state index contributed by atoms with van der Waals surface area (Å²) >= 11 is 0. The average Bonchev–Trinajstić information content (AvgIpc) is 3.08. The van der Waals surface area contributed by atoms with Crippen LogP contribution < -0.4 is 0 Å². The number of hydrogen-bond acceptors (Lipinski definition) is 3. The molecule has 0 saturated heterocycles.